The summed E-state index contributed by atoms with van der Waals surface area (Å²) >= 11 is 0. The SMILES string of the molecule is FC(F)(F)C(F)(F)N(c1ccccc1)c1ccccc1. The molecule has 0 saturated carbocycles. The van der Waals surface area contributed by atoms with Gasteiger partial charge in [-0.05, 0) is 24.3 Å². The highest BCUT2D eigenvalue weighted by Gasteiger charge is 2.62. The highest BCUT2D eigenvalue weighted by atomic mass is 19.4. The van der Waals surface area contributed by atoms with Gasteiger partial charge in [0.15, 0.2) is 0 Å². The van der Waals surface area contributed by atoms with Gasteiger partial charge in [0.1, 0.15) is 0 Å². The maximum absolute atomic E-state index is 13.8. The third-order valence-corrected chi connectivity index (χ3v) is 2.65. The molecule has 0 amide bonds. The molecule has 0 bridgehead atoms. The van der Waals surface area contributed by atoms with Crippen LogP contribution in [0.4, 0.5) is 33.3 Å². The summed E-state index contributed by atoms with van der Waals surface area (Å²) in [6.45, 7) is 0. The molecule has 0 atom stereocenters. The van der Waals surface area contributed by atoms with Crippen LogP contribution in [0.5, 0.6) is 0 Å². The van der Waals surface area contributed by atoms with Crippen molar-refractivity contribution in [2.45, 2.75) is 12.2 Å². The van der Waals surface area contributed by atoms with Crippen molar-refractivity contribution >= 4 is 11.4 Å². The number of hydrogen-bond donors (Lipinski definition) is 0. The summed E-state index contributed by atoms with van der Waals surface area (Å²) in [5.74, 6) is 0. The molecule has 1 nitrogen and oxygen atoms in total. The number of alkyl halides is 5. The van der Waals surface area contributed by atoms with E-state index >= 15 is 0 Å². The van der Waals surface area contributed by atoms with Gasteiger partial charge in [-0.15, -0.1) is 0 Å². The molecular weight excluding hydrogens is 277 g/mol. The third kappa shape index (κ3) is 2.59. The van der Waals surface area contributed by atoms with E-state index in [2.05, 4.69) is 0 Å². The summed E-state index contributed by atoms with van der Waals surface area (Å²) < 4.78 is 65.5. The molecule has 0 unspecified atom stereocenters. The van der Waals surface area contributed by atoms with E-state index in [9.17, 15) is 22.0 Å². The fourth-order valence-corrected chi connectivity index (χ4v) is 1.75. The van der Waals surface area contributed by atoms with Crippen molar-refractivity contribution in [1.82, 2.24) is 0 Å². The van der Waals surface area contributed by atoms with Gasteiger partial charge in [-0.25, -0.2) is 0 Å². The third-order valence-electron chi connectivity index (χ3n) is 2.65. The Kier molecular flexibility index (Phi) is 3.65. The zero-order chi connectivity index (χ0) is 14.8. The monoisotopic (exact) mass is 287 g/mol. The first-order valence-corrected chi connectivity index (χ1v) is 5.69. The number of halogens is 5. The average molecular weight is 287 g/mol. The van der Waals surface area contributed by atoms with Crippen LogP contribution in [0.3, 0.4) is 0 Å². The molecule has 0 aromatic heterocycles. The lowest BCUT2D eigenvalue weighted by atomic mass is 10.2. The number of rotatable bonds is 3. The first-order valence-electron chi connectivity index (χ1n) is 5.69. The van der Waals surface area contributed by atoms with Crippen molar-refractivity contribution in [2.24, 2.45) is 0 Å². The Bertz CT molecular complexity index is 511. The summed E-state index contributed by atoms with van der Waals surface area (Å²) in [6.07, 6.45) is -5.68. The predicted octanol–water partition coefficient (Wildman–Crippen LogP) is 4.98. The summed E-state index contributed by atoms with van der Waals surface area (Å²) in [4.78, 5) is -0.0208. The van der Waals surface area contributed by atoms with E-state index in [4.69, 9.17) is 0 Å². The van der Waals surface area contributed by atoms with Crippen LogP contribution < -0.4 is 4.90 Å². The van der Waals surface area contributed by atoms with Crippen molar-refractivity contribution in [3.8, 4) is 0 Å². The second-order valence-corrected chi connectivity index (χ2v) is 4.05. The maximum atomic E-state index is 13.8. The molecule has 0 spiro atoms. The topological polar surface area (TPSA) is 3.24 Å². The van der Waals surface area contributed by atoms with Gasteiger partial charge in [0, 0.05) is 11.4 Å². The van der Waals surface area contributed by atoms with Crippen molar-refractivity contribution in [3.63, 3.8) is 0 Å². The second kappa shape index (κ2) is 5.11. The molecule has 2 rings (SSSR count). The van der Waals surface area contributed by atoms with Crippen LogP contribution in [-0.4, -0.2) is 12.2 Å². The van der Waals surface area contributed by atoms with Gasteiger partial charge in [0.25, 0.3) is 0 Å². The van der Waals surface area contributed by atoms with Crippen LogP contribution in [0.1, 0.15) is 0 Å². The Hall–Kier alpha value is -2.11. The first-order chi connectivity index (χ1) is 9.34. The molecule has 0 heterocycles. The van der Waals surface area contributed by atoms with Gasteiger partial charge in [-0.1, -0.05) is 36.4 Å². The Labute approximate surface area is 112 Å². The maximum Gasteiger partial charge on any atom is 0.475 e. The van der Waals surface area contributed by atoms with Crippen LogP contribution in [0, 0.1) is 0 Å². The molecule has 0 aliphatic carbocycles. The second-order valence-electron chi connectivity index (χ2n) is 4.05. The number of para-hydroxylation sites is 2. The Morgan fingerprint density at radius 1 is 0.600 bits per heavy atom. The van der Waals surface area contributed by atoms with Crippen molar-refractivity contribution < 1.29 is 22.0 Å². The zero-order valence-corrected chi connectivity index (χ0v) is 10.1. The zero-order valence-electron chi connectivity index (χ0n) is 10.1. The number of nitrogens with zero attached hydrogens (tertiary/aromatic N) is 1. The molecule has 106 valence electrons. The molecule has 2 aromatic carbocycles. The standard InChI is InChI=1S/C14H10F5N/c15-13(16,17)14(18,19)20(11-7-3-1-4-8-11)12-9-5-2-6-10-12/h1-10H. The van der Waals surface area contributed by atoms with Crippen molar-refractivity contribution in [3.05, 3.63) is 60.7 Å². The quantitative estimate of drug-likeness (QED) is 0.568. The molecule has 2 aromatic rings. The number of benzene rings is 2. The van der Waals surface area contributed by atoms with Gasteiger partial charge < -0.3 is 0 Å². The minimum absolute atomic E-state index is 0.0208. The van der Waals surface area contributed by atoms with Crippen LogP contribution in [0.2, 0.25) is 0 Å². The van der Waals surface area contributed by atoms with Gasteiger partial charge in [-0.3, -0.25) is 4.90 Å². The lowest BCUT2D eigenvalue weighted by Gasteiger charge is -2.34. The summed E-state index contributed by atoms with van der Waals surface area (Å²) in [7, 11) is 0. The van der Waals surface area contributed by atoms with Crippen LogP contribution >= 0.6 is 0 Å². The van der Waals surface area contributed by atoms with E-state index in [0.717, 1.165) is 0 Å². The molecule has 0 N–H and O–H groups in total. The predicted molar refractivity (Wildman–Crippen MR) is 66.0 cm³/mol. The van der Waals surface area contributed by atoms with Crippen LogP contribution in [-0.2, 0) is 0 Å². The van der Waals surface area contributed by atoms with Gasteiger partial charge in [0.2, 0.25) is 0 Å². The smallest absolute Gasteiger partial charge is 0.275 e. The molecule has 0 radical (unpaired) electrons. The Balaban J connectivity index is 2.57. The normalized spacial score (nSPS) is 12.2. The lowest BCUT2D eigenvalue weighted by molar-refractivity contribution is -0.278. The highest BCUT2D eigenvalue weighted by molar-refractivity contribution is 5.64. The van der Waals surface area contributed by atoms with Crippen molar-refractivity contribution in [1.29, 1.82) is 0 Å². The van der Waals surface area contributed by atoms with E-state index in [1.165, 1.54) is 48.5 Å². The summed E-state index contributed by atoms with van der Waals surface area (Å²) in [5, 5.41) is 0. The molecule has 20 heavy (non-hydrogen) atoms. The van der Waals surface area contributed by atoms with Crippen molar-refractivity contribution in [2.75, 3.05) is 4.90 Å². The Morgan fingerprint density at radius 3 is 1.25 bits per heavy atom. The number of hydrogen-bond acceptors (Lipinski definition) is 1. The highest BCUT2D eigenvalue weighted by Crippen LogP contribution is 2.44. The minimum Gasteiger partial charge on any atom is -0.275 e. The van der Waals surface area contributed by atoms with Gasteiger partial charge >= 0.3 is 12.2 Å². The lowest BCUT2D eigenvalue weighted by Crippen LogP contribution is -2.50. The molecule has 0 saturated heterocycles. The average Bonchev–Trinajstić information content (AvgIpc) is 2.40. The number of anilines is 2. The molecule has 6 heteroatoms. The van der Waals surface area contributed by atoms with Gasteiger partial charge in [-0.2, -0.15) is 22.0 Å². The largest absolute Gasteiger partial charge is 0.475 e. The summed E-state index contributed by atoms with van der Waals surface area (Å²) in [6, 6.07) is 8.48. The van der Waals surface area contributed by atoms with E-state index in [1.54, 1.807) is 12.1 Å². The minimum atomic E-state index is -5.68. The van der Waals surface area contributed by atoms with E-state index < -0.39 is 12.2 Å². The van der Waals surface area contributed by atoms with Gasteiger partial charge in [0.05, 0.1) is 0 Å². The molecule has 0 aliphatic rings. The summed E-state index contributed by atoms with van der Waals surface area (Å²) in [5.41, 5.74) is -0.470. The van der Waals surface area contributed by atoms with Crippen LogP contribution in [0.15, 0.2) is 60.7 Å². The fraction of sp³-hybridized carbons (Fsp3) is 0.143. The Morgan fingerprint density at radius 2 is 0.950 bits per heavy atom. The first kappa shape index (κ1) is 14.3. The van der Waals surface area contributed by atoms with E-state index in [-0.39, 0.29) is 16.3 Å². The molecule has 0 aliphatic heterocycles. The van der Waals surface area contributed by atoms with Crippen LogP contribution in [0.25, 0.3) is 0 Å². The fourth-order valence-electron chi connectivity index (χ4n) is 1.75. The molecule has 0 fully saturated rings. The molecular formula is C14H10F5N. The van der Waals surface area contributed by atoms with E-state index in [1.807, 2.05) is 0 Å². The van der Waals surface area contributed by atoms with E-state index in [0.29, 0.717) is 0 Å².